The Hall–Kier alpha value is -2.04. The van der Waals surface area contributed by atoms with Crippen LogP contribution in [0.2, 0.25) is 5.02 Å². The molecule has 0 spiro atoms. The minimum atomic E-state index is -1.04. The first-order valence-electron chi connectivity index (χ1n) is 6.07. The predicted molar refractivity (Wildman–Crippen MR) is 76.2 cm³/mol. The van der Waals surface area contributed by atoms with Gasteiger partial charge in [0.05, 0.1) is 12.8 Å². The molecule has 2 aromatic rings. The quantitative estimate of drug-likeness (QED) is 0.924. The molecule has 1 unspecified atom stereocenters. The Morgan fingerprint density at radius 1 is 1.25 bits per heavy atom. The van der Waals surface area contributed by atoms with Gasteiger partial charge in [-0.05, 0) is 24.3 Å². The number of fused-ring (bicyclic) bond motifs is 1. The molecule has 0 aromatic heterocycles. The summed E-state index contributed by atoms with van der Waals surface area (Å²) in [6.45, 7) is 0. The van der Waals surface area contributed by atoms with Gasteiger partial charge in [-0.3, -0.25) is 9.69 Å². The van der Waals surface area contributed by atoms with E-state index in [2.05, 4.69) is 0 Å². The zero-order chi connectivity index (χ0) is 14.3. The largest absolute Gasteiger partial charge is 0.495 e. The van der Waals surface area contributed by atoms with Crippen molar-refractivity contribution < 1.29 is 14.6 Å². The molecule has 102 valence electrons. The Bertz CT molecular complexity index is 687. The molecule has 20 heavy (non-hydrogen) atoms. The third kappa shape index (κ3) is 1.85. The summed E-state index contributed by atoms with van der Waals surface area (Å²) in [5, 5.41) is 10.9. The van der Waals surface area contributed by atoms with Crippen LogP contribution in [-0.2, 0) is 0 Å². The highest BCUT2D eigenvalue weighted by Crippen LogP contribution is 2.41. The molecule has 0 bridgehead atoms. The van der Waals surface area contributed by atoms with Crippen molar-refractivity contribution in [1.82, 2.24) is 0 Å². The second kappa shape index (κ2) is 4.81. The minimum Gasteiger partial charge on any atom is -0.495 e. The number of amides is 1. The van der Waals surface area contributed by atoms with Gasteiger partial charge in [-0.1, -0.05) is 29.8 Å². The lowest BCUT2D eigenvalue weighted by Gasteiger charge is -2.23. The SMILES string of the molecule is COc1ccc(Cl)cc1N1C(=O)c2ccccc2C1O. The van der Waals surface area contributed by atoms with Crippen LogP contribution >= 0.6 is 11.6 Å². The zero-order valence-electron chi connectivity index (χ0n) is 10.7. The number of anilines is 1. The number of aliphatic hydroxyl groups is 1. The van der Waals surface area contributed by atoms with Crippen molar-refractivity contribution in [3.63, 3.8) is 0 Å². The average molecular weight is 290 g/mol. The van der Waals surface area contributed by atoms with E-state index in [1.54, 1.807) is 42.5 Å². The summed E-state index contributed by atoms with van der Waals surface area (Å²) < 4.78 is 5.24. The van der Waals surface area contributed by atoms with Crippen LogP contribution in [0.4, 0.5) is 5.69 Å². The minimum absolute atomic E-state index is 0.270. The van der Waals surface area contributed by atoms with Gasteiger partial charge in [-0.25, -0.2) is 0 Å². The Kier molecular flexibility index (Phi) is 3.12. The standard InChI is InChI=1S/C15H12ClNO3/c1-20-13-7-6-9(16)8-12(13)17-14(18)10-4-2-3-5-11(10)15(17)19/h2-8,14,18H,1H3. The molecule has 1 heterocycles. The van der Waals surface area contributed by atoms with Crippen LogP contribution in [0.25, 0.3) is 0 Å². The van der Waals surface area contributed by atoms with Gasteiger partial charge in [0.25, 0.3) is 5.91 Å². The van der Waals surface area contributed by atoms with Gasteiger partial charge < -0.3 is 9.84 Å². The fourth-order valence-corrected chi connectivity index (χ4v) is 2.56. The second-order valence-corrected chi connectivity index (χ2v) is 4.89. The summed E-state index contributed by atoms with van der Waals surface area (Å²) in [5.74, 6) is 0.211. The number of methoxy groups -OCH3 is 1. The number of carbonyl (C=O) groups is 1. The molecular weight excluding hydrogens is 278 g/mol. The van der Waals surface area contributed by atoms with Crippen LogP contribution in [0, 0.1) is 0 Å². The Morgan fingerprint density at radius 3 is 2.70 bits per heavy atom. The van der Waals surface area contributed by atoms with Gasteiger partial charge in [-0.15, -0.1) is 0 Å². The Morgan fingerprint density at radius 2 is 2.00 bits per heavy atom. The number of benzene rings is 2. The van der Waals surface area contributed by atoms with Gasteiger partial charge >= 0.3 is 0 Å². The molecule has 3 rings (SSSR count). The van der Waals surface area contributed by atoms with Gasteiger partial charge in [0.15, 0.2) is 6.23 Å². The summed E-state index contributed by atoms with van der Waals surface area (Å²) in [6.07, 6.45) is -1.04. The van der Waals surface area contributed by atoms with E-state index in [0.29, 0.717) is 27.6 Å². The maximum atomic E-state index is 12.5. The number of hydrogen-bond acceptors (Lipinski definition) is 3. The fourth-order valence-electron chi connectivity index (χ4n) is 2.39. The molecule has 1 N–H and O–H groups in total. The normalized spacial score (nSPS) is 17.2. The van der Waals surface area contributed by atoms with Crippen molar-refractivity contribution >= 4 is 23.2 Å². The number of halogens is 1. The van der Waals surface area contributed by atoms with Gasteiger partial charge in [0.1, 0.15) is 5.75 Å². The molecule has 1 atom stereocenters. The van der Waals surface area contributed by atoms with Gasteiger partial charge in [-0.2, -0.15) is 0 Å². The number of nitrogens with zero attached hydrogens (tertiary/aromatic N) is 1. The van der Waals surface area contributed by atoms with Gasteiger partial charge in [0, 0.05) is 16.1 Å². The molecule has 1 aliphatic rings. The first-order chi connectivity index (χ1) is 9.63. The van der Waals surface area contributed by atoms with E-state index in [1.165, 1.54) is 12.0 Å². The third-order valence-electron chi connectivity index (χ3n) is 3.33. The lowest BCUT2D eigenvalue weighted by molar-refractivity contribution is 0.0934. The van der Waals surface area contributed by atoms with Crippen molar-refractivity contribution in [2.45, 2.75) is 6.23 Å². The van der Waals surface area contributed by atoms with Crippen LogP contribution in [0.3, 0.4) is 0 Å². The maximum absolute atomic E-state index is 12.5. The molecule has 5 heteroatoms. The fraction of sp³-hybridized carbons (Fsp3) is 0.133. The number of hydrogen-bond donors (Lipinski definition) is 1. The molecular formula is C15H12ClNO3. The van der Waals surface area contributed by atoms with E-state index in [9.17, 15) is 9.90 Å². The van der Waals surface area contributed by atoms with E-state index in [4.69, 9.17) is 16.3 Å². The molecule has 0 saturated carbocycles. The molecule has 4 nitrogen and oxygen atoms in total. The van der Waals surface area contributed by atoms with Gasteiger partial charge in [0.2, 0.25) is 0 Å². The van der Waals surface area contributed by atoms with Crippen molar-refractivity contribution in [3.05, 3.63) is 58.6 Å². The molecule has 0 radical (unpaired) electrons. The molecule has 0 aliphatic carbocycles. The van der Waals surface area contributed by atoms with Crippen LogP contribution in [0.1, 0.15) is 22.1 Å². The topological polar surface area (TPSA) is 49.8 Å². The molecule has 2 aromatic carbocycles. The summed E-state index contributed by atoms with van der Waals surface area (Å²) in [5.41, 5.74) is 1.52. The number of rotatable bonds is 2. The van der Waals surface area contributed by atoms with Crippen LogP contribution in [0.15, 0.2) is 42.5 Å². The number of aliphatic hydroxyl groups excluding tert-OH is 1. The lowest BCUT2D eigenvalue weighted by atomic mass is 10.1. The first-order valence-corrected chi connectivity index (χ1v) is 6.45. The number of ether oxygens (including phenoxy) is 1. The number of carbonyl (C=O) groups excluding carboxylic acids is 1. The third-order valence-corrected chi connectivity index (χ3v) is 3.57. The molecule has 1 aliphatic heterocycles. The maximum Gasteiger partial charge on any atom is 0.261 e. The van der Waals surface area contributed by atoms with Crippen LogP contribution < -0.4 is 9.64 Å². The van der Waals surface area contributed by atoms with E-state index in [-0.39, 0.29) is 5.91 Å². The van der Waals surface area contributed by atoms with Crippen molar-refractivity contribution in [2.24, 2.45) is 0 Å². The van der Waals surface area contributed by atoms with Crippen molar-refractivity contribution in [2.75, 3.05) is 12.0 Å². The molecule has 0 saturated heterocycles. The Balaban J connectivity index is 2.13. The smallest absolute Gasteiger partial charge is 0.261 e. The summed E-state index contributed by atoms with van der Waals surface area (Å²) in [4.78, 5) is 13.7. The first kappa shape index (κ1) is 13.0. The summed E-state index contributed by atoms with van der Waals surface area (Å²) in [6, 6.07) is 11.9. The second-order valence-electron chi connectivity index (χ2n) is 4.45. The lowest BCUT2D eigenvalue weighted by Crippen LogP contribution is -2.27. The van der Waals surface area contributed by atoms with E-state index < -0.39 is 6.23 Å². The zero-order valence-corrected chi connectivity index (χ0v) is 11.5. The van der Waals surface area contributed by atoms with E-state index in [0.717, 1.165) is 0 Å². The Labute approximate surface area is 121 Å². The summed E-state index contributed by atoms with van der Waals surface area (Å²) >= 11 is 5.98. The molecule has 0 fully saturated rings. The monoisotopic (exact) mass is 289 g/mol. The van der Waals surface area contributed by atoms with Crippen molar-refractivity contribution in [1.29, 1.82) is 0 Å². The summed E-state index contributed by atoms with van der Waals surface area (Å²) in [7, 11) is 1.51. The van der Waals surface area contributed by atoms with Crippen LogP contribution in [-0.4, -0.2) is 18.1 Å². The highest BCUT2D eigenvalue weighted by molar-refractivity contribution is 6.31. The van der Waals surface area contributed by atoms with Crippen LogP contribution in [0.5, 0.6) is 5.75 Å². The highest BCUT2D eigenvalue weighted by atomic mass is 35.5. The average Bonchev–Trinajstić information content (AvgIpc) is 2.71. The predicted octanol–water partition coefficient (Wildman–Crippen LogP) is 3.00. The van der Waals surface area contributed by atoms with Crippen molar-refractivity contribution in [3.8, 4) is 5.75 Å². The highest BCUT2D eigenvalue weighted by Gasteiger charge is 2.37. The van der Waals surface area contributed by atoms with E-state index in [1.807, 2.05) is 0 Å². The van der Waals surface area contributed by atoms with E-state index >= 15 is 0 Å². The molecule has 1 amide bonds.